The molecule has 0 aromatic heterocycles. The fraction of sp³-hybridized carbons (Fsp3) is 0.318. The number of nitrogens with one attached hydrogen (secondary N) is 1. The third kappa shape index (κ3) is 6.40. The van der Waals surface area contributed by atoms with Gasteiger partial charge in [-0.2, -0.15) is 0 Å². The van der Waals surface area contributed by atoms with Crippen LogP contribution in [0.2, 0.25) is 0 Å². The molecule has 0 unspecified atom stereocenters. The van der Waals surface area contributed by atoms with Crippen molar-refractivity contribution in [3.63, 3.8) is 0 Å². The Hall–Kier alpha value is -2.83. The summed E-state index contributed by atoms with van der Waals surface area (Å²) in [5.41, 5.74) is 7.60. The number of carbonyl (C=O) groups excluding carboxylic acids is 1. The quantitative estimate of drug-likeness (QED) is 0.372. The first-order valence-electron chi connectivity index (χ1n) is 9.35. The summed E-state index contributed by atoms with van der Waals surface area (Å²) >= 11 is 0. The topological polar surface area (TPSA) is 105 Å². The van der Waals surface area contributed by atoms with Gasteiger partial charge in [0.2, 0.25) is 5.91 Å². The number of hydrogen-bond donors (Lipinski definition) is 4. The van der Waals surface area contributed by atoms with Gasteiger partial charge >= 0.3 is 0 Å². The van der Waals surface area contributed by atoms with E-state index in [1.807, 2.05) is 25.1 Å². The summed E-state index contributed by atoms with van der Waals surface area (Å²) in [5.74, 6) is 0.302. The molecule has 0 heterocycles. The van der Waals surface area contributed by atoms with Crippen molar-refractivity contribution in [3.8, 4) is 5.75 Å². The van der Waals surface area contributed by atoms with E-state index in [2.05, 4.69) is 5.32 Å². The molecule has 2 aromatic rings. The highest BCUT2D eigenvalue weighted by atomic mass is 16.5. The molecular formula is C22H28N2O4. The van der Waals surface area contributed by atoms with E-state index in [9.17, 15) is 9.90 Å². The lowest BCUT2D eigenvalue weighted by Gasteiger charge is -2.21. The third-order valence-electron chi connectivity index (χ3n) is 4.40. The Kier molecular flexibility index (Phi) is 8.52. The highest BCUT2D eigenvalue weighted by Crippen LogP contribution is 2.32. The van der Waals surface area contributed by atoms with Gasteiger partial charge in [0.1, 0.15) is 12.4 Å². The molecule has 2 rings (SSSR count). The van der Waals surface area contributed by atoms with Crippen LogP contribution in [0.25, 0.3) is 0 Å². The Balaban J connectivity index is 1.85. The number of nitrogens with two attached hydrogens (primary N) is 1. The molecule has 0 fully saturated rings. The number of rotatable bonds is 10. The lowest BCUT2D eigenvalue weighted by molar-refractivity contribution is -0.111. The van der Waals surface area contributed by atoms with Crippen LogP contribution in [0.1, 0.15) is 31.4 Å². The third-order valence-corrected chi connectivity index (χ3v) is 4.40. The molecule has 2 aromatic carbocycles. The van der Waals surface area contributed by atoms with Gasteiger partial charge in [0.25, 0.3) is 0 Å². The minimum Gasteiger partial charge on any atom is -0.491 e. The normalized spacial score (nSPS) is 13.2. The number of allylic oxidation sites excluding steroid dienone is 1. The Morgan fingerprint density at radius 2 is 1.93 bits per heavy atom. The summed E-state index contributed by atoms with van der Waals surface area (Å²) in [7, 11) is 0. The molecular weight excluding hydrogens is 356 g/mol. The standard InChI is InChI=1S/C22H28N2O4/c1-16(22(27)17-9-3-6-12-20(17)28-15-14-25)8-2-7-13-21(26)24-19-11-5-4-10-18(19)23/h3-7,9-13,16,22,25,27H,2,8,14-15,23H2,1H3,(H,24,26)/b13-7+/t16-,22-/m0/s1. The second kappa shape index (κ2) is 11.1. The van der Waals surface area contributed by atoms with E-state index in [-0.39, 0.29) is 25.0 Å². The molecule has 0 radical (unpaired) electrons. The summed E-state index contributed by atoms with van der Waals surface area (Å²) in [6.07, 6.45) is 3.92. The smallest absolute Gasteiger partial charge is 0.248 e. The zero-order chi connectivity index (χ0) is 20.4. The lowest BCUT2D eigenvalue weighted by Crippen LogP contribution is -2.12. The molecule has 0 spiro atoms. The average molecular weight is 384 g/mol. The second-order valence-electron chi connectivity index (χ2n) is 6.59. The maximum atomic E-state index is 12.0. The van der Waals surface area contributed by atoms with Crippen molar-refractivity contribution in [2.45, 2.75) is 25.9 Å². The minimum atomic E-state index is -0.693. The molecule has 1 amide bonds. The van der Waals surface area contributed by atoms with E-state index in [1.165, 1.54) is 6.08 Å². The molecule has 0 bridgehead atoms. The molecule has 0 saturated heterocycles. The molecule has 0 saturated carbocycles. The molecule has 6 nitrogen and oxygen atoms in total. The van der Waals surface area contributed by atoms with Crippen LogP contribution in [-0.4, -0.2) is 29.3 Å². The fourth-order valence-corrected chi connectivity index (χ4v) is 2.81. The van der Waals surface area contributed by atoms with Crippen LogP contribution in [0.15, 0.2) is 60.7 Å². The predicted octanol–water partition coefficient (Wildman–Crippen LogP) is 3.28. The predicted molar refractivity (Wildman–Crippen MR) is 111 cm³/mol. The number of para-hydroxylation sites is 3. The molecule has 0 aliphatic rings. The SMILES string of the molecule is C[C@@H](CC/C=C/C(=O)Nc1ccccc1N)[C@H](O)c1ccccc1OCCO. The van der Waals surface area contributed by atoms with Crippen molar-refractivity contribution in [1.29, 1.82) is 0 Å². The number of nitrogen functional groups attached to an aromatic ring is 1. The van der Waals surface area contributed by atoms with Crippen LogP contribution in [0, 0.1) is 5.92 Å². The summed E-state index contributed by atoms with van der Waals surface area (Å²) in [4.78, 5) is 12.0. The van der Waals surface area contributed by atoms with E-state index in [0.717, 1.165) is 0 Å². The second-order valence-corrected chi connectivity index (χ2v) is 6.59. The van der Waals surface area contributed by atoms with E-state index in [1.54, 1.807) is 36.4 Å². The summed E-state index contributed by atoms with van der Waals surface area (Å²) in [5, 5.41) is 22.3. The number of benzene rings is 2. The first-order valence-corrected chi connectivity index (χ1v) is 9.35. The number of ether oxygens (including phenoxy) is 1. The highest BCUT2D eigenvalue weighted by Gasteiger charge is 2.19. The van der Waals surface area contributed by atoms with Gasteiger partial charge in [0, 0.05) is 5.56 Å². The van der Waals surface area contributed by atoms with Crippen LogP contribution < -0.4 is 15.8 Å². The summed E-state index contributed by atoms with van der Waals surface area (Å²) < 4.78 is 5.49. The van der Waals surface area contributed by atoms with Crippen LogP contribution >= 0.6 is 0 Å². The summed E-state index contributed by atoms with van der Waals surface area (Å²) in [6, 6.07) is 14.4. The lowest BCUT2D eigenvalue weighted by atomic mass is 9.92. The first-order chi connectivity index (χ1) is 13.5. The van der Waals surface area contributed by atoms with Crippen LogP contribution in [-0.2, 0) is 4.79 Å². The monoisotopic (exact) mass is 384 g/mol. The maximum Gasteiger partial charge on any atom is 0.248 e. The van der Waals surface area contributed by atoms with Gasteiger partial charge in [-0.15, -0.1) is 0 Å². The van der Waals surface area contributed by atoms with Gasteiger partial charge < -0.3 is 26.0 Å². The molecule has 150 valence electrons. The van der Waals surface area contributed by atoms with E-state index in [0.29, 0.717) is 35.5 Å². The van der Waals surface area contributed by atoms with Crippen molar-refractivity contribution >= 4 is 17.3 Å². The number of carbonyl (C=O) groups is 1. The molecule has 5 N–H and O–H groups in total. The number of aliphatic hydroxyl groups is 2. The Morgan fingerprint density at radius 1 is 1.21 bits per heavy atom. The van der Waals surface area contributed by atoms with E-state index in [4.69, 9.17) is 15.6 Å². The van der Waals surface area contributed by atoms with Gasteiger partial charge in [-0.3, -0.25) is 4.79 Å². The number of hydrogen-bond acceptors (Lipinski definition) is 5. The van der Waals surface area contributed by atoms with Gasteiger partial charge in [-0.05, 0) is 43.0 Å². The first kappa shape index (κ1) is 21.5. The van der Waals surface area contributed by atoms with Crippen molar-refractivity contribution in [2.24, 2.45) is 5.92 Å². The highest BCUT2D eigenvalue weighted by molar-refractivity contribution is 6.01. The zero-order valence-electron chi connectivity index (χ0n) is 16.0. The van der Waals surface area contributed by atoms with Crippen LogP contribution in [0.5, 0.6) is 5.75 Å². The maximum absolute atomic E-state index is 12.0. The Bertz CT molecular complexity index is 792. The zero-order valence-corrected chi connectivity index (χ0v) is 16.0. The van der Waals surface area contributed by atoms with Crippen molar-refractivity contribution in [3.05, 3.63) is 66.2 Å². The molecule has 6 heteroatoms. The van der Waals surface area contributed by atoms with Gasteiger partial charge in [0.15, 0.2) is 0 Å². The van der Waals surface area contributed by atoms with Crippen molar-refractivity contribution in [2.75, 3.05) is 24.3 Å². The Morgan fingerprint density at radius 3 is 2.68 bits per heavy atom. The molecule has 0 aliphatic carbocycles. The number of aliphatic hydroxyl groups excluding tert-OH is 2. The van der Waals surface area contributed by atoms with Gasteiger partial charge in [0.05, 0.1) is 24.1 Å². The molecule has 2 atom stereocenters. The van der Waals surface area contributed by atoms with Crippen LogP contribution in [0.4, 0.5) is 11.4 Å². The van der Waals surface area contributed by atoms with E-state index >= 15 is 0 Å². The van der Waals surface area contributed by atoms with Crippen LogP contribution in [0.3, 0.4) is 0 Å². The number of anilines is 2. The van der Waals surface area contributed by atoms with Gasteiger partial charge in [-0.1, -0.05) is 43.3 Å². The molecule has 0 aliphatic heterocycles. The molecule has 28 heavy (non-hydrogen) atoms. The van der Waals surface area contributed by atoms with Crippen molar-refractivity contribution in [1.82, 2.24) is 0 Å². The largest absolute Gasteiger partial charge is 0.491 e. The average Bonchev–Trinajstić information content (AvgIpc) is 2.71. The summed E-state index contributed by atoms with van der Waals surface area (Å²) in [6.45, 7) is 2.05. The van der Waals surface area contributed by atoms with E-state index < -0.39 is 6.10 Å². The number of amides is 1. The fourth-order valence-electron chi connectivity index (χ4n) is 2.81. The van der Waals surface area contributed by atoms with Gasteiger partial charge in [-0.25, -0.2) is 0 Å². The van der Waals surface area contributed by atoms with Crippen molar-refractivity contribution < 1.29 is 19.7 Å². The minimum absolute atomic E-state index is 0.0312. The Labute approximate surface area is 165 Å².